The number of nitrogens with zero attached hydrogens (tertiary/aromatic N) is 2. The van der Waals surface area contributed by atoms with Crippen molar-refractivity contribution in [3.05, 3.63) is 33.4 Å². The molecule has 0 amide bonds. The molecule has 0 unspecified atom stereocenters. The molecule has 0 radical (unpaired) electrons. The first-order valence-electron chi connectivity index (χ1n) is 4.22. The van der Waals surface area contributed by atoms with Crippen molar-refractivity contribution in [2.45, 2.75) is 13.8 Å². The summed E-state index contributed by atoms with van der Waals surface area (Å²) < 4.78 is 0.841. The molecule has 2 aromatic rings. The molecule has 0 aliphatic heterocycles. The lowest BCUT2D eigenvalue weighted by atomic mass is 10.3. The van der Waals surface area contributed by atoms with Gasteiger partial charge in [0.05, 0.1) is 4.88 Å². The summed E-state index contributed by atoms with van der Waals surface area (Å²) in [7, 11) is 0. The maximum atomic E-state index is 4.41. The summed E-state index contributed by atoms with van der Waals surface area (Å²) in [4.78, 5) is 9.91. The molecular formula is C10H9BrN2S. The second-order valence-corrected chi connectivity index (χ2v) is 4.82. The highest BCUT2D eigenvalue weighted by Gasteiger charge is 2.07. The standard InChI is InChI=1S/C10H9BrN2S/c1-6-3-4-14-9(6)10-12-7(2)5-8(11)13-10/h3-5H,1-2H3. The van der Waals surface area contributed by atoms with Gasteiger partial charge in [-0.25, -0.2) is 9.97 Å². The fraction of sp³-hybridized carbons (Fsp3) is 0.200. The van der Waals surface area contributed by atoms with Gasteiger partial charge in [-0.05, 0) is 52.9 Å². The fourth-order valence-corrected chi connectivity index (χ4v) is 2.59. The van der Waals surface area contributed by atoms with Gasteiger partial charge in [-0.3, -0.25) is 0 Å². The molecule has 2 heterocycles. The minimum absolute atomic E-state index is 0.810. The van der Waals surface area contributed by atoms with E-state index in [1.165, 1.54) is 5.56 Å². The lowest BCUT2D eigenvalue weighted by molar-refractivity contribution is 1.09. The van der Waals surface area contributed by atoms with E-state index in [1.54, 1.807) is 11.3 Å². The highest BCUT2D eigenvalue weighted by molar-refractivity contribution is 9.10. The molecular weight excluding hydrogens is 260 g/mol. The minimum Gasteiger partial charge on any atom is -0.233 e. The zero-order chi connectivity index (χ0) is 10.1. The van der Waals surface area contributed by atoms with Crippen LogP contribution in [0.15, 0.2) is 22.1 Å². The van der Waals surface area contributed by atoms with E-state index in [2.05, 4.69) is 44.3 Å². The van der Waals surface area contributed by atoms with E-state index in [1.807, 2.05) is 13.0 Å². The van der Waals surface area contributed by atoms with Crippen molar-refractivity contribution in [2.24, 2.45) is 0 Å². The van der Waals surface area contributed by atoms with Crippen molar-refractivity contribution in [1.29, 1.82) is 0 Å². The average Bonchev–Trinajstić information content (AvgIpc) is 2.49. The summed E-state index contributed by atoms with van der Waals surface area (Å²) in [6.45, 7) is 4.05. The molecule has 0 aliphatic carbocycles. The summed E-state index contributed by atoms with van der Waals surface area (Å²) in [6.07, 6.45) is 0. The van der Waals surface area contributed by atoms with Crippen molar-refractivity contribution < 1.29 is 0 Å². The highest BCUT2D eigenvalue weighted by Crippen LogP contribution is 2.27. The molecule has 2 nitrogen and oxygen atoms in total. The molecule has 0 saturated heterocycles. The van der Waals surface area contributed by atoms with E-state index in [4.69, 9.17) is 0 Å². The van der Waals surface area contributed by atoms with Gasteiger partial charge in [-0.15, -0.1) is 11.3 Å². The Balaban J connectivity index is 2.57. The van der Waals surface area contributed by atoms with Gasteiger partial charge < -0.3 is 0 Å². The molecule has 2 aromatic heterocycles. The van der Waals surface area contributed by atoms with Gasteiger partial charge in [0.2, 0.25) is 0 Å². The Labute approximate surface area is 95.2 Å². The second kappa shape index (κ2) is 3.79. The van der Waals surface area contributed by atoms with Crippen molar-refractivity contribution in [2.75, 3.05) is 0 Å². The molecule has 0 N–H and O–H groups in total. The van der Waals surface area contributed by atoms with E-state index in [0.29, 0.717) is 0 Å². The predicted octanol–water partition coefficient (Wildman–Crippen LogP) is 3.58. The molecule has 0 atom stereocenters. The van der Waals surface area contributed by atoms with Crippen molar-refractivity contribution >= 4 is 27.3 Å². The lowest BCUT2D eigenvalue weighted by Gasteiger charge is -2.00. The molecule has 72 valence electrons. The topological polar surface area (TPSA) is 25.8 Å². The summed E-state index contributed by atoms with van der Waals surface area (Å²) in [6, 6.07) is 3.99. The summed E-state index contributed by atoms with van der Waals surface area (Å²) >= 11 is 5.05. The van der Waals surface area contributed by atoms with Gasteiger partial charge in [0.1, 0.15) is 4.60 Å². The maximum Gasteiger partial charge on any atom is 0.171 e. The van der Waals surface area contributed by atoms with Gasteiger partial charge in [-0.2, -0.15) is 0 Å². The Morgan fingerprint density at radius 1 is 1.29 bits per heavy atom. The monoisotopic (exact) mass is 268 g/mol. The zero-order valence-corrected chi connectivity index (χ0v) is 10.3. The second-order valence-electron chi connectivity index (χ2n) is 3.09. The summed E-state index contributed by atoms with van der Waals surface area (Å²) in [5, 5.41) is 2.06. The Hall–Kier alpha value is -0.740. The quantitative estimate of drug-likeness (QED) is 0.739. The van der Waals surface area contributed by atoms with Gasteiger partial charge in [-0.1, -0.05) is 0 Å². The maximum absolute atomic E-state index is 4.41. The smallest absolute Gasteiger partial charge is 0.171 e. The molecule has 14 heavy (non-hydrogen) atoms. The molecule has 4 heteroatoms. The molecule has 0 spiro atoms. The largest absolute Gasteiger partial charge is 0.233 e. The lowest BCUT2D eigenvalue weighted by Crippen LogP contribution is -1.91. The normalized spacial score (nSPS) is 10.5. The first-order valence-corrected chi connectivity index (χ1v) is 5.90. The van der Waals surface area contributed by atoms with Crippen molar-refractivity contribution in [3.8, 4) is 10.7 Å². The number of thiophene rings is 1. The summed E-state index contributed by atoms with van der Waals surface area (Å²) in [5.74, 6) is 0.810. The first-order chi connectivity index (χ1) is 6.66. The Kier molecular flexibility index (Phi) is 2.65. The highest BCUT2D eigenvalue weighted by atomic mass is 79.9. The zero-order valence-electron chi connectivity index (χ0n) is 7.91. The third-order valence-electron chi connectivity index (χ3n) is 1.89. The minimum atomic E-state index is 0.810. The van der Waals surface area contributed by atoms with Gasteiger partial charge >= 0.3 is 0 Å². The number of rotatable bonds is 1. The van der Waals surface area contributed by atoms with Crippen molar-refractivity contribution in [1.82, 2.24) is 9.97 Å². The van der Waals surface area contributed by atoms with Gasteiger partial charge in [0.15, 0.2) is 5.82 Å². The van der Waals surface area contributed by atoms with Crippen LogP contribution in [0.25, 0.3) is 10.7 Å². The van der Waals surface area contributed by atoms with E-state index >= 15 is 0 Å². The van der Waals surface area contributed by atoms with Gasteiger partial charge in [0, 0.05) is 5.69 Å². The Bertz CT molecular complexity index is 445. The third-order valence-corrected chi connectivity index (χ3v) is 3.31. The number of hydrogen-bond acceptors (Lipinski definition) is 3. The fourth-order valence-electron chi connectivity index (χ4n) is 1.23. The van der Waals surface area contributed by atoms with Crippen LogP contribution in [-0.4, -0.2) is 9.97 Å². The van der Waals surface area contributed by atoms with Crippen molar-refractivity contribution in [3.63, 3.8) is 0 Å². The summed E-state index contributed by atoms with van der Waals surface area (Å²) in [5.41, 5.74) is 2.21. The third kappa shape index (κ3) is 1.86. The predicted molar refractivity (Wildman–Crippen MR) is 62.5 cm³/mol. The van der Waals surface area contributed by atoms with E-state index in [9.17, 15) is 0 Å². The first kappa shape index (κ1) is 9.80. The van der Waals surface area contributed by atoms with Crippen LogP contribution in [0.5, 0.6) is 0 Å². The number of halogens is 1. The van der Waals surface area contributed by atoms with E-state index in [0.717, 1.165) is 21.0 Å². The number of aryl methyl sites for hydroxylation is 2. The number of hydrogen-bond donors (Lipinski definition) is 0. The van der Waals surface area contributed by atoms with Crippen LogP contribution in [0.1, 0.15) is 11.3 Å². The SMILES string of the molecule is Cc1cc(Br)nc(-c2sccc2C)n1. The molecule has 0 fully saturated rings. The van der Waals surface area contributed by atoms with Crippen LogP contribution in [0.4, 0.5) is 0 Å². The average molecular weight is 269 g/mol. The molecule has 0 aromatic carbocycles. The van der Waals surface area contributed by atoms with Gasteiger partial charge in [0.25, 0.3) is 0 Å². The molecule has 0 bridgehead atoms. The van der Waals surface area contributed by atoms with Crippen LogP contribution < -0.4 is 0 Å². The molecule has 0 aliphatic rings. The van der Waals surface area contributed by atoms with Crippen LogP contribution in [0.3, 0.4) is 0 Å². The Morgan fingerprint density at radius 3 is 2.64 bits per heavy atom. The molecule has 0 saturated carbocycles. The van der Waals surface area contributed by atoms with Crippen LogP contribution in [0, 0.1) is 13.8 Å². The number of aromatic nitrogens is 2. The van der Waals surface area contributed by atoms with Crippen LogP contribution in [-0.2, 0) is 0 Å². The molecule has 2 rings (SSSR count). The Morgan fingerprint density at radius 2 is 2.07 bits per heavy atom. The van der Waals surface area contributed by atoms with Crippen LogP contribution >= 0.6 is 27.3 Å². The van der Waals surface area contributed by atoms with E-state index in [-0.39, 0.29) is 0 Å². The van der Waals surface area contributed by atoms with Crippen LogP contribution in [0.2, 0.25) is 0 Å². The van der Waals surface area contributed by atoms with E-state index < -0.39 is 0 Å².